The Morgan fingerprint density at radius 2 is 1.29 bits per heavy atom. The highest BCUT2D eigenvalue weighted by Gasteiger charge is 2.41. The summed E-state index contributed by atoms with van der Waals surface area (Å²) in [5, 5.41) is 29.6. The average molecular weight is 593 g/mol. The van der Waals surface area contributed by atoms with E-state index in [0.717, 1.165) is 54.6 Å². The molecular weight excluding hydrogens is 555 g/mol. The van der Waals surface area contributed by atoms with E-state index < -0.39 is 29.5 Å². The minimum Gasteiger partial charge on any atom is -0.473 e. The lowest BCUT2D eigenvalue weighted by Crippen LogP contribution is -2.28. The fourth-order valence-corrected chi connectivity index (χ4v) is 4.21. The number of carboxylic acid groups (broad SMARTS) is 4. The summed E-state index contributed by atoms with van der Waals surface area (Å²) in [6.45, 7) is 2.32. The van der Waals surface area contributed by atoms with Crippen LogP contribution in [0.5, 0.6) is 0 Å². The van der Waals surface area contributed by atoms with Crippen molar-refractivity contribution in [2.24, 2.45) is 0 Å². The standard InChI is InChI=1S/C25H33FN2O2.2C2H2O4/c1-27(2)15-5-7-24(29)19-8-13-23-20(17-19)18-30-25(23,14-6-16-28(3)4)21-9-11-22(26)12-10-21;2*3-1(4)2(5)6/h8-13,17H,5-7,14-16,18H2,1-4H3;2*(H,3,4)(H,5,6). The molecule has 0 aliphatic carbocycles. The fourth-order valence-electron chi connectivity index (χ4n) is 4.21. The molecule has 13 heteroatoms. The number of nitrogens with zero attached hydrogens (tertiary/aromatic N) is 2. The summed E-state index contributed by atoms with van der Waals surface area (Å²) in [6.07, 6.45) is 3.15. The lowest BCUT2D eigenvalue weighted by molar-refractivity contribution is -0.159. The Kier molecular flexibility index (Phi) is 14.4. The van der Waals surface area contributed by atoms with Crippen molar-refractivity contribution in [3.05, 3.63) is 70.5 Å². The van der Waals surface area contributed by atoms with Crippen LogP contribution >= 0.6 is 0 Å². The first kappa shape index (κ1) is 35.8. The molecule has 0 spiro atoms. The Bertz CT molecular complexity index is 1200. The zero-order valence-corrected chi connectivity index (χ0v) is 24.0. The second-order valence-corrected chi connectivity index (χ2v) is 9.95. The Labute approximate surface area is 242 Å². The molecule has 0 bridgehead atoms. The first-order valence-corrected chi connectivity index (χ1v) is 12.9. The number of aliphatic carboxylic acids is 4. The van der Waals surface area contributed by atoms with E-state index >= 15 is 0 Å². The van der Waals surface area contributed by atoms with Gasteiger partial charge in [-0.15, -0.1) is 0 Å². The van der Waals surface area contributed by atoms with Crippen LogP contribution in [0.4, 0.5) is 4.39 Å². The maximum Gasteiger partial charge on any atom is 0.414 e. The summed E-state index contributed by atoms with van der Waals surface area (Å²) in [4.78, 5) is 53.3. The monoisotopic (exact) mass is 592 g/mol. The average Bonchev–Trinajstić information content (AvgIpc) is 3.28. The highest BCUT2D eigenvalue weighted by atomic mass is 19.1. The number of carboxylic acids is 4. The molecule has 1 heterocycles. The first-order valence-electron chi connectivity index (χ1n) is 12.9. The molecule has 0 aromatic heterocycles. The van der Waals surface area contributed by atoms with Gasteiger partial charge in [0, 0.05) is 12.0 Å². The van der Waals surface area contributed by atoms with Crippen molar-refractivity contribution in [2.45, 2.75) is 37.9 Å². The highest BCUT2D eigenvalue weighted by molar-refractivity contribution is 6.27. The normalized spacial score (nSPS) is 15.1. The van der Waals surface area contributed by atoms with Gasteiger partial charge in [0.25, 0.3) is 0 Å². The van der Waals surface area contributed by atoms with Crippen LogP contribution in [0.15, 0.2) is 42.5 Å². The van der Waals surface area contributed by atoms with Gasteiger partial charge in [0.2, 0.25) is 0 Å². The van der Waals surface area contributed by atoms with E-state index in [1.807, 2.05) is 44.4 Å². The van der Waals surface area contributed by atoms with Crippen LogP contribution in [0, 0.1) is 5.82 Å². The number of Topliss-reactive ketones (excluding diaryl/α,β-unsaturated/α-hetero) is 1. The molecule has 0 fully saturated rings. The van der Waals surface area contributed by atoms with Crippen molar-refractivity contribution in [1.82, 2.24) is 9.80 Å². The summed E-state index contributed by atoms with van der Waals surface area (Å²) in [5.41, 5.74) is 3.28. The number of benzene rings is 2. The molecule has 230 valence electrons. The van der Waals surface area contributed by atoms with Crippen LogP contribution in [0.1, 0.15) is 52.7 Å². The predicted molar refractivity (Wildman–Crippen MR) is 149 cm³/mol. The molecule has 1 unspecified atom stereocenters. The molecule has 12 nitrogen and oxygen atoms in total. The topological polar surface area (TPSA) is 182 Å². The molecule has 2 aromatic rings. The fraction of sp³-hybridized carbons (Fsp3) is 0.414. The first-order chi connectivity index (χ1) is 19.6. The molecule has 1 aliphatic heterocycles. The van der Waals surface area contributed by atoms with E-state index in [1.165, 1.54) is 12.1 Å². The second-order valence-electron chi connectivity index (χ2n) is 9.95. The highest BCUT2D eigenvalue weighted by Crippen LogP contribution is 2.45. The summed E-state index contributed by atoms with van der Waals surface area (Å²) in [7, 11) is 8.15. The molecule has 0 radical (unpaired) electrons. The summed E-state index contributed by atoms with van der Waals surface area (Å²) < 4.78 is 20.0. The van der Waals surface area contributed by atoms with Gasteiger partial charge in [-0.25, -0.2) is 23.6 Å². The molecule has 1 atom stereocenters. The van der Waals surface area contributed by atoms with Gasteiger partial charge in [0.05, 0.1) is 6.61 Å². The zero-order chi connectivity index (χ0) is 32.0. The van der Waals surface area contributed by atoms with Crippen molar-refractivity contribution < 1.29 is 53.5 Å². The Morgan fingerprint density at radius 3 is 1.76 bits per heavy atom. The molecule has 1 aliphatic rings. The van der Waals surface area contributed by atoms with E-state index in [9.17, 15) is 9.18 Å². The van der Waals surface area contributed by atoms with E-state index in [4.69, 9.17) is 44.3 Å². The smallest absolute Gasteiger partial charge is 0.414 e. The van der Waals surface area contributed by atoms with Gasteiger partial charge < -0.3 is 35.0 Å². The lowest BCUT2D eigenvalue weighted by atomic mass is 9.81. The molecular formula is C29H37FN2O10. The number of ketones is 1. The van der Waals surface area contributed by atoms with Gasteiger partial charge in [-0.1, -0.05) is 24.3 Å². The van der Waals surface area contributed by atoms with Crippen molar-refractivity contribution in [3.8, 4) is 0 Å². The third-order valence-electron chi connectivity index (χ3n) is 6.16. The van der Waals surface area contributed by atoms with E-state index in [1.54, 1.807) is 0 Å². The number of carbonyl (C=O) groups excluding carboxylic acids is 1. The van der Waals surface area contributed by atoms with Crippen LogP contribution in [0.25, 0.3) is 0 Å². The molecule has 0 amide bonds. The van der Waals surface area contributed by atoms with Crippen LogP contribution in [0.3, 0.4) is 0 Å². The Balaban J connectivity index is 0.000000618. The Morgan fingerprint density at radius 1 is 0.786 bits per heavy atom. The molecule has 42 heavy (non-hydrogen) atoms. The van der Waals surface area contributed by atoms with Crippen molar-refractivity contribution in [2.75, 3.05) is 41.3 Å². The van der Waals surface area contributed by atoms with Gasteiger partial charge in [-0.05, 0) is 95.4 Å². The van der Waals surface area contributed by atoms with Crippen LogP contribution in [-0.4, -0.2) is 101 Å². The molecule has 4 N–H and O–H groups in total. The SMILES string of the molecule is CN(C)CCCC(=O)c1ccc2c(c1)COC2(CCCN(C)C)c1ccc(F)cc1.O=C(O)C(=O)O.O=C(O)C(=O)O. The largest absolute Gasteiger partial charge is 0.473 e. The third kappa shape index (κ3) is 11.4. The zero-order valence-electron chi connectivity index (χ0n) is 24.0. The lowest BCUT2D eigenvalue weighted by Gasteiger charge is -2.31. The van der Waals surface area contributed by atoms with E-state index in [2.05, 4.69) is 23.9 Å². The second kappa shape index (κ2) is 16.9. The van der Waals surface area contributed by atoms with Gasteiger partial charge in [-0.3, -0.25) is 4.79 Å². The number of fused-ring (bicyclic) bond motifs is 1. The quantitative estimate of drug-likeness (QED) is 0.234. The molecule has 0 saturated heterocycles. The summed E-state index contributed by atoms with van der Waals surface area (Å²) >= 11 is 0. The maximum absolute atomic E-state index is 13.6. The maximum atomic E-state index is 13.6. The van der Waals surface area contributed by atoms with E-state index in [-0.39, 0.29) is 11.6 Å². The summed E-state index contributed by atoms with van der Waals surface area (Å²) in [6, 6.07) is 12.6. The number of hydrogen-bond donors (Lipinski definition) is 4. The molecule has 3 rings (SSSR count). The number of ether oxygens (including phenoxy) is 1. The van der Waals surface area contributed by atoms with Crippen molar-refractivity contribution in [1.29, 1.82) is 0 Å². The van der Waals surface area contributed by atoms with Gasteiger partial charge >= 0.3 is 23.9 Å². The third-order valence-corrected chi connectivity index (χ3v) is 6.16. The van der Waals surface area contributed by atoms with E-state index in [0.29, 0.717) is 13.0 Å². The number of hydrogen-bond acceptors (Lipinski definition) is 8. The number of rotatable bonds is 10. The molecule has 2 aromatic carbocycles. The number of carbonyl (C=O) groups is 5. The number of halogens is 1. The minimum atomic E-state index is -1.82. The predicted octanol–water partition coefficient (Wildman–Crippen LogP) is 2.78. The van der Waals surface area contributed by atoms with Crippen LogP contribution in [0.2, 0.25) is 0 Å². The molecule has 0 saturated carbocycles. The Hall–Kier alpha value is -4.20. The van der Waals surface area contributed by atoms with Crippen LogP contribution in [-0.2, 0) is 36.1 Å². The van der Waals surface area contributed by atoms with Crippen molar-refractivity contribution >= 4 is 29.7 Å². The van der Waals surface area contributed by atoms with Gasteiger partial charge in [-0.2, -0.15) is 0 Å². The van der Waals surface area contributed by atoms with Gasteiger partial charge in [0.1, 0.15) is 11.4 Å². The van der Waals surface area contributed by atoms with Crippen molar-refractivity contribution in [3.63, 3.8) is 0 Å². The summed E-state index contributed by atoms with van der Waals surface area (Å²) in [5.74, 6) is -7.37. The van der Waals surface area contributed by atoms with Gasteiger partial charge in [0.15, 0.2) is 5.78 Å². The minimum absolute atomic E-state index is 0.173. The van der Waals surface area contributed by atoms with Crippen LogP contribution < -0.4 is 0 Å².